The minimum atomic E-state index is 0.570. The first-order chi connectivity index (χ1) is 15.7. The number of nitrogens with one attached hydrogen (secondary N) is 1. The van der Waals surface area contributed by atoms with Crippen molar-refractivity contribution in [2.45, 2.75) is 12.8 Å². The molecule has 0 atom stereocenters. The largest absolute Gasteiger partial charge is 0.497 e. The zero-order chi connectivity index (χ0) is 22.3. The lowest BCUT2D eigenvalue weighted by molar-refractivity contribution is 0.395. The van der Waals surface area contributed by atoms with E-state index in [-0.39, 0.29) is 0 Å². The van der Waals surface area contributed by atoms with E-state index >= 15 is 0 Å². The zero-order valence-electron chi connectivity index (χ0n) is 18.0. The third-order valence-electron chi connectivity index (χ3n) is 5.11. The summed E-state index contributed by atoms with van der Waals surface area (Å²) in [6, 6.07) is 19.3. The van der Waals surface area contributed by atoms with Gasteiger partial charge in [0.15, 0.2) is 5.82 Å². The molecule has 0 spiro atoms. The lowest BCUT2D eigenvalue weighted by atomic mass is 10.1. The highest BCUT2D eigenvalue weighted by molar-refractivity contribution is 5.91. The predicted octanol–water partition coefficient (Wildman–Crippen LogP) is 4.63. The number of methoxy groups -OCH3 is 2. The number of fused-ring (bicyclic) bond motifs is 1. The van der Waals surface area contributed by atoms with Crippen molar-refractivity contribution in [1.82, 2.24) is 15.0 Å². The van der Waals surface area contributed by atoms with Crippen molar-refractivity contribution in [2.75, 3.05) is 26.1 Å². The highest BCUT2D eigenvalue weighted by Gasteiger charge is 2.14. The van der Waals surface area contributed by atoms with Crippen molar-refractivity contribution in [2.24, 2.45) is 0 Å². The molecule has 0 amide bonds. The highest BCUT2D eigenvalue weighted by atomic mass is 16.5. The number of hydrogen-bond acceptors (Lipinski definition) is 7. The number of hydrogen-bond donors (Lipinski definition) is 1. The minimum Gasteiger partial charge on any atom is -0.497 e. The lowest BCUT2D eigenvalue weighted by Gasteiger charge is -2.13. The summed E-state index contributed by atoms with van der Waals surface area (Å²) in [7, 11) is 3.24. The van der Waals surface area contributed by atoms with Crippen LogP contribution in [-0.2, 0) is 6.42 Å². The van der Waals surface area contributed by atoms with Gasteiger partial charge in [0.1, 0.15) is 23.4 Å². The van der Waals surface area contributed by atoms with E-state index in [0.29, 0.717) is 22.9 Å². The summed E-state index contributed by atoms with van der Waals surface area (Å²) in [5, 5.41) is 13.3. The van der Waals surface area contributed by atoms with Gasteiger partial charge in [0, 0.05) is 29.9 Å². The minimum absolute atomic E-state index is 0.570. The molecule has 160 valence electrons. The molecule has 32 heavy (non-hydrogen) atoms. The second kappa shape index (κ2) is 9.75. The van der Waals surface area contributed by atoms with Crippen LogP contribution in [0.25, 0.3) is 22.3 Å². The number of anilines is 1. The number of aryl methyl sites for hydroxylation is 1. The van der Waals surface area contributed by atoms with Gasteiger partial charge in [-0.2, -0.15) is 5.26 Å². The number of para-hydroxylation sites is 1. The van der Waals surface area contributed by atoms with Crippen LogP contribution < -0.4 is 14.8 Å². The Bertz CT molecular complexity index is 1270. The van der Waals surface area contributed by atoms with Crippen LogP contribution in [0.1, 0.15) is 17.7 Å². The Kier molecular flexibility index (Phi) is 6.42. The quantitative estimate of drug-likeness (QED) is 0.412. The molecule has 2 heterocycles. The molecule has 0 saturated heterocycles. The lowest BCUT2D eigenvalue weighted by Crippen LogP contribution is -2.07. The zero-order valence-corrected chi connectivity index (χ0v) is 18.0. The average Bonchev–Trinajstić information content (AvgIpc) is 2.86. The van der Waals surface area contributed by atoms with Gasteiger partial charge in [0.25, 0.3) is 0 Å². The molecule has 7 nitrogen and oxygen atoms in total. The van der Waals surface area contributed by atoms with Gasteiger partial charge in [-0.05, 0) is 49.2 Å². The van der Waals surface area contributed by atoms with Crippen LogP contribution in [0.4, 0.5) is 5.82 Å². The van der Waals surface area contributed by atoms with E-state index in [1.165, 1.54) is 0 Å². The van der Waals surface area contributed by atoms with Crippen LogP contribution in [-0.4, -0.2) is 35.7 Å². The molecule has 0 fully saturated rings. The molecule has 0 unspecified atom stereocenters. The summed E-state index contributed by atoms with van der Waals surface area (Å²) in [6.45, 7) is 0.724. The number of pyridine rings is 1. The summed E-state index contributed by atoms with van der Waals surface area (Å²) in [5.74, 6) is 2.72. The monoisotopic (exact) mass is 425 g/mol. The molecule has 2 aromatic heterocycles. The smallest absolute Gasteiger partial charge is 0.165 e. The maximum absolute atomic E-state index is 8.89. The summed E-state index contributed by atoms with van der Waals surface area (Å²) in [6.07, 6.45) is 3.29. The first kappa shape index (κ1) is 21.1. The number of benzene rings is 2. The van der Waals surface area contributed by atoms with Gasteiger partial charge in [-0.15, -0.1) is 0 Å². The molecule has 0 aliphatic heterocycles. The topological polar surface area (TPSA) is 93.0 Å². The standard InChI is InChI=1S/C25H23N5O2/c1-31-19-11-12-21(23(14-19)32-2)25-29-22-8-4-3-7-20(22)24(30-25)27-13-5-6-18-10-9-17(15-26)16-28-18/h3-4,7-12,14,16H,5-6,13H2,1-2H3,(H,27,29,30). The van der Waals surface area contributed by atoms with Gasteiger partial charge in [-0.3, -0.25) is 4.98 Å². The average molecular weight is 425 g/mol. The van der Waals surface area contributed by atoms with Crippen molar-refractivity contribution in [1.29, 1.82) is 5.26 Å². The maximum atomic E-state index is 8.89. The summed E-state index contributed by atoms with van der Waals surface area (Å²) in [4.78, 5) is 13.9. The number of ether oxygens (including phenoxy) is 2. The molecule has 2 aromatic carbocycles. The van der Waals surface area contributed by atoms with E-state index in [2.05, 4.69) is 16.4 Å². The maximum Gasteiger partial charge on any atom is 0.165 e. The Balaban J connectivity index is 1.56. The molecule has 4 aromatic rings. The number of nitriles is 1. The molecular formula is C25H23N5O2. The van der Waals surface area contributed by atoms with Crippen molar-refractivity contribution in [3.63, 3.8) is 0 Å². The molecule has 0 saturated carbocycles. The Morgan fingerprint density at radius 1 is 1.00 bits per heavy atom. The van der Waals surface area contributed by atoms with Gasteiger partial charge >= 0.3 is 0 Å². The Hall–Kier alpha value is -4.18. The van der Waals surface area contributed by atoms with Crippen LogP contribution in [0, 0.1) is 11.3 Å². The van der Waals surface area contributed by atoms with Gasteiger partial charge in [-0.25, -0.2) is 9.97 Å². The normalized spacial score (nSPS) is 10.5. The third kappa shape index (κ3) is 4.60. The first-order valence-corrected chi connectivity index (χ1v) is 10.3. The SMILES string of the molecule is COc1ccc(-c2nc(NCCCc3ccc(C#N)cn3)c3ccccc3n2)c(OC)c1. The van der Waals surface area contributed by atoms with Gasteiger partial charge in [0.05, 0.1) is 30.9 Å². The van der Waals surface area contributed by atoms with Crippen LogP contribution >= 0.6 is 0 Å². The van der Waals surface area contributed by atoms with Gasteiger partial charge in [0.2, 0.25) is 0 Å². The molecule has 1 N–H and O–H groups in total. The van der Waals surface area contributed by atoms with Crippen molar-refractivity contribution in [3.8, 4) is 29.0 Å². The second-order valence-corrected chi connectivity index (χ2v) is 7.16. The molecule has 0 bridgehead atoms. The van der Waals surface area contributed by atoms with E-state index in [0.717, 1.165) is 47.4 Å². The van der Waals surface area contributed by atoms with Crippen LogP contribution in [0.5, 0.6) is 11.5 Å². The molecule has 0 aliphatic rings. The fourth-order valence-corrected chi connectivity index (χ4v) is 3.43. The molecule has 0 radical (unpaired) electrons. The van der Waals surface area contributed by atoms with E-state index in [1.54, 1.807) is 26.5 Å². The fourth-order valence-electron chi connectivity index (χ4n) is 3.43. The van der Waals surface area contributed by atoms with E-state index in [4.69, 9.17) is 24.7 Å². The van der Waals surface area contributed by atoms with Crippen LogP contribution in [0.15, 0.2) is 60.8 Å². The second-order valence-electron chi connectivity index (χ2n) is 7.16. The first-order valence-electron chi connectivity index (χ1n) is 10.3. The van der Waals surface area contributed by atoms with E-state index in [1.807, 2.05) is 48.5 Å². The molecule has 7 heteroatoms. The Morgan fingerprint density at radius 3 is 2.62 bits per heavy atom. The van der Waals surface area contributed by atoms with Gasteiger partial charge < -0.3 is 14.8 Å². The molecule has 4 rings (SSSR count). The van der Waals surface area contributed by atoms with E-state index < -0.39 is 0 Å². The van der Waals surface area contributed by atoms with Crippen molar-refractivity contribution < 1.29 is 9.47 Å². The van der Waals surface area contributed by atoms with Gasteiger partial charge in [-0.1, -0.05) is 12.1 Å². The summed E-state index contributed by atoms with van der Waals surface area (Å²) < 4.78 is 10.9. The fraction of sp³-hybridized carbons (Fsp3) is 0.200. The number of nitrogens with zero attached hydrogens (tertiary/aromatic N) is 4. The van der Waals surface area contributed by atoms with Crippen molar-refractivity contribution in [3.05, 3.63) is 72.1 Å². The number of aromatic nitrogens is 3. The third-order valence-corrected chi connectivity index (χ3v) is 5.11. The van der Waals surface area contributed by atoms with Crippen LogP contribution in [0.2, 0.25) is 0 Å². The Labute approximate surface area is 186 Å². The summed E-state index contributed by atoms with van der Waals surface area (Å²) >= 11 is 0. The molecule has 0 aliphatic carbocycles. The van der Waals surface area contributed by atoms with Crippen molar-refractivity contribution >= 4 is 16.7 Å². The predicted molar refractivity (Wildman–Crippen MR) is 124 cm³/mol. The van der Waals surface area contributed by atoms with Crippen LogP contribution in [0.3, 0.4) is 0 Å². The number of rotatable bonds is 8. The Morgan fingerprint density at radius 2 is 1.88 bits per heavy atom. The molecular weight excluding hydrogens is 402 g/mol. The summed E-state index contributed by atoms with van der Waals surface area (Å²) in [5.41, 5.74) is 3.18. The highest BCUT2D eigenvalue weighted by Crippen LogP contribution is 2.33. The van der Waals surface area contributed by atoms with E-state index in [9.17, 15) is 0 Å².